The van der Waals surface area contributed by atoms with Crippen LogP contribution in [0.5, 0.6) is 0 Å². The summed E-state index contributed by atoms with van der Waals surface area (Å²) >= 11 is 0. The van der Waals surface area contributed by atoms with Crippen LogP contribution in [-0.4, -0.2) is 36.2 Å². The van der Waals surface area contributed by atoms with Gasteiger partial charge in [0.1, 0.15) is 23.9 Å². The fourth-order valence-electron chi connectivity index (χ4n) is 0.937. The monoisotopic (exact) mass is 276 g/mol. The molecule has 0 aliphatic heterocycles. The molecule has 0 spiro atoms. The Labute approximate surface area is 114 Å². The molecule has 0 heterocycles. The molecular formula is C13H24O6. The molecule has 0 aromatic carbocycles. The molecule has 0 saturated carbocycles. The van der Waals surface area contributed by atoms with Gasteiger partial charge in [0.15, 0.2) is 0 Å². The van der Waals surface area contributed by atoms with Gasteiger partial charge >= 0.3 is 12.3 Å². The van der Waals surface area contributed by atoms with Crippen LogP contribution in [0.3, 0.4) is 0 Å². The first-order valence-corrected chi connectivity index (χ1v) is 6.14. The van der Waals surface area contributed by atoms with Crippen LogP contribution < -0.4 is 0 Å². The summed E-state index contributed by atoms with van der Waals surface area (Å²) < 4.78 is 19.6. The Bertz CT molecular complexity index is 310. The molecule has 0 amide bonds. The normalized spacial score (nSPS) is 13.4. The van der Waals surface area contributed by atoms with Gasteiger partial charge in [-0.3, -0.25) is 0 Å². The van der Waals surface area contributed by atoms with Crippen molar-refractivity contribution in [2.24, 2.45) is 0 Å². The summed E-state index contributed by atoms with van der Waals surface area (Å²) in [6.45, 7) is 11.9. The second-order valence-corrected chi connectivity index (χ2v) is 6.17. The Morgan fingerprint density at radius 2 is 1.32 bits per heavy atom. The average Bonchev–Trinajstić information content (AvgIpc) is 2.08. The van der Waals surface area contributed by atoms with Crippen LogP contribution in [0.1, 0.15) is 48.5 Å². The highest BCUT2D eigenvalue weighted by Crippen LogP contribution is 2.10. The molecule has 0 rings (SSSR count). The molecule has 0 fully saturated rings. The molecule has 1 atom stereocenters. The zero-order valence-corrected chi connectivity index (χ0v) is 12.7. The molecule has 0 aromatic heterocycles. The van der Waals surface area contributed by atoms with E-state index in [1.54, 1.807) is 48.5 Å². The standard InChI is InChI=1S/C13H24O6/c1-9(17-11(15)19-13(5,6)7)8-16-10(14)18-12(2,3)4/h9H,8H2,1-7H3. The maximum absolute atomic E-state index is 11.3. The van der Waals surface area contributed by atoms with Gasteiger partial charge in [0.2, 0.25) is 0 Å². The van der Waals surface area contributed by atoms with Crippen molar-refractivity contribution in [1.29, 1.82) is 0 Å². The molecular weight excluding hydrogens is 252 g/mol. The van der Waals surface area contributed by atoms with Gasteiger partial charge in [0, 0.05) is 0 Å². The number of rotatable bonds is 3. The van der Waals surface area contributed by atoms with E-state index in [1.165, 1.54) is 0 Å². The van der Waals surface area contributed by atoms with E-state index in [-0.39, 0.29) is 6.61 Å². The number of carbonyl (C=O) groups excluding carboxylic acids is 2. The average molecular weight is 276 g/mol. The lowest BCUT2D eigenvalue weighted by Gasteiger charge is -2.22. The topological polar surface area (TPSA) is 71.1 Å². The van der Waals surface area contributed by atoms with Crippen molar-refractivity contribution in [3.05, 3.63) is 0 Å². The van der Waals surface area contributed by atoms with Gasteiger partial charge in [-0.1, -0.05) is 0 Å². The van der Waals surface area contributed by atoms with E-state index in [9.17, 15) is 9.59 Å². The number of ether oxygens (including phenoxy) is 4. The summed E-state index contributed by atoms with van der Waals surface area (Å²) in [5.41, 5.74) is -1.24. The third-order valence-electron chi connectivity index (χ3n) is 1.51. The molecule has 6 nitrogen and oxygen atoms in total. The Morgan fingerprint density at radius 1 is 0.895 bits per heavy atom. The minimum absolute atomic E-state index is 0.0891. The second-order valence-electron chi connectivity index (χ2n) is 6.17. The van der Waals surface area contributed by atoms with Gasteiger partial charge in [0.05, 0.1) is 0 Å². The third-order valence-corrected chi connectivity index (χ3v) is 1.51. The number of carbonyl (C=O) groups is 2. The van der Waals surface area contributed by atoms with Crippen LogP contribution in [-0.2, 0) is 18.9 Å². The summed E-state index contributed by atoms with van der Waals surface area (Å²) in [7, 11) is 0. The Morgan fingerprint density at radius 3 is 1.74 bits per heavy atom. The fraction of sp³-hybridized carbons (Fsp3) is 0.846. The van der Waals surface area contributed by atoms with Gasteiger partial charge in [-0.15, -0.1) is 0 Å². The van der Waals surface area contributed by atoms with Crippen LogP contribution >= 0.6 is 0 Å². The Balaban J connectivity index is 3.96. The minimum atomic E-state index is -0.799. The largest absolute Gasteiger partial charge is 0.509 e. The molecule has 0 aliphatic rings. The van der Waals surface area contributed by atoms with Crippen molar-refractivity contribution in [2.45, 2.75) is 65.8 Å². The van der Waals surface area contributed by atoms with Crippen molar-refractivity contribution in [3.8, 4) is 0 Å². The quantitative estimate of drug-likeness (QED) is 0.737. The predicted molar refractivity (Wildman–Crippen MR) is 69.0 cm³/mol. The van der Waals surface area contributed by atoms with E-state index < -0.39 is 29.6 Å². The Kier molecular flexibility index (Phi) is 6.12. The lowest BCUT2D eigenvalue weighted by molar-refractivity contribution is -0.0514. The zero-order valence-electron chi connectivity index (χ0n) is 12.7. The Hall–Kier alpha value is -1.46. The molecule has 6 heteroatoms. The van der Waals surface area contributed by atoms with E-state index in [4.69, 9.17) is 18.9 Å². The van der Waals surface area contributed by atoms with Crippen molar-refractivity contribution >= 4 is 12.3 Å². The smallest absolute Gasteiger partial charge is 0.430 e. The molecule has 0 bridgehead atoms. The fourth-order valence-corrected chi connectivity index (χ4v) is 0.937. The number of hydrogen-bond acceptors (Lipinski definition) is 6. The van der Waals surface area contributed by atoms with E-state index in [0.717, 1.165) is 0 Å². The van der Waals surface area contributed by atoms with Gasteiger partial charge in [-0.25, -0.2) is 9.59 Å². The van der Waals surface area contributed by atoms with Crippen molar-refractivity contribution in [3.63, 3.8) is 0 Å². The summed E-state index contributed by atoms with van der Waals surface area (Å²) in [5, 5.41) is 0. The molecule has 0 aliphatic carbocycles. The summed E-state index contributed by atoms with van der Waals surface area (Å²) in [6.07, 6.45) is -2.21. The molecule has 19 heavy (non-hydrogen) atoms. The summed E-state index contributed by atoms with van der Waals surface area (Å²) in [4.78, 5) is 22.6. The second kappa shape index (κ2) is 6.63. The van der Waals surface area contributed by atoms with Gasteiger partial charge < -0.3 is 18.9 Å². The molecule has 112 valence electrons. The minimum Gasteiger partial charge on any atom is -0.430 e. The molecule has 1 unspecified atom stereocenters. The van der Waals surface area contributed by atoms with Crippen LogP contribution in [0.4, 0.5) is 9.59 Å². The first-order chi connectivity index (χ1) is 8.39. The zero-order chi connectivity index (χ0) is 15.3. The van der Waals surface area contributed by atoms with E-state index in [0.29, 0.717) is 0 Å². The molecule has 0 aromatic rings. The van der Waals surface area contributed by atoms with Gasteiger partial charge in [0.25, 0.3) is 0 Å². The molecule has 0 radical (unpaired) electrons. The van der Waals surface area contributed by atoms with Crippen LogP contribution in [0, 0.1) is 0 Å². The predicted octanol–water partition coefficient (Wildman–Crippen LogP) is 3.28. The van der Waals surface area contributed by atoms with E-state index in [1.807, 2.05) is 0 Å². The van der Waals surface area contributed by atoms with Crippen LogP contribution in [0.2, 0.25) is 0 Å². The highest BCUT2D eigenvalue weighted by molar-refractivity contribution is 5.61. The first-order valence-electron chi connectivity index (χ1n) is 6.14. The lowest BCUT2D eigenvalue weighted by atomic mass is 10.2. The van der Waals surface area contributed by atoms with Crippen molar-refractivity contribution in [1.82, 2.24) is 0 Å². The third kappa shape index (κ3) is 11.4. The SMILES string of the molecule is CC(COC(=O)OC(C)(C)C)OC(=O)OC(C)(C)C. The first kappa shape index (κ1) is 17.5. The van der Waals surface area contributed by atoms with Crippen molar-refractivity contribution in [2.75, 3.05) is 6.61 Å². The summed E-state index contributed by atoms with van der Waals surface area (Å²) in [5.74, 6) is 0. The van der Waals surface area contributed by atoms with Crippen molar-refractivity contribution < 1.29 is 28.5 Å². The highest BCUT2D eigenvalue weighted by Gasteiger charge is 2.21. The van der Waals surface area contributed by atoms with Gasteiger partial charge in [-0.05, 0) is 48.5 Å². The van der Waals surface area contributed by atoms with Gasteiger partial charge in [-0.2, -0.15) is 0 Å². The van der Waals surface area contributed by atoms with Crippen LogP contribution in [0.25, 0.3) is 0 Å². The van der Waals surface area contributed by atoms with E-state index >= 15 is 0 Å². The lowest BCUT2D eigenvalue weighted by Crippen LogP contribution is -2.30. The maximum Gasteiger partial charge on any atom is 0.509 e. The molecule has 0 N–H and O–H groups in total. The number of hydrogen-bond donors (Lipinski definition) is 0. The maximum atomic E-state index is 11.3. The summed E-state index contributed by atoms with van der Waals surface area (Å²) in [6, 6.07) is 0. The van der Waals surface area contributed by atoms with E-state index in [2.05, 4.69) is 0 Å². The molecule has 0 saturated heterocycles. The highest BCUT2D eigenvalue weighted by atomic mass is 16.8. The van der Waals surface area contributed by atoms with Crippen LogP contribution in [0.15, 0.2) is 0 Å².